The normalized spacial score (nSPS) is 25.6. The predicted molar refractivity (Wildman–Crippen MR) is 63.1 cm³/mol. The maximum atomic E-state index is 10.4. The van der Waals surface area contributed by atoms with Crippen molar-refractivity contribution in [2.45, 2.75) is 25.0 Å². The van der Waals surface area contributed by atoms with Crippen molar-refractivity contribution in [3.8, 4) is 0 Å². The van der Waals surface area contributed by atoms with Gasteiger partial charge >= 0.3 is 0 Å². The third kappa shape index (κ3) is 2.61. The molecule has 0 aromatic heterocycles. The maximum Gasteiger partial charge on any atom is 0.0994 e. The highest BCUT2D eigenvalue weighted by Crippen LogP contribution is 2.23. The Kier molecular flexibility index (Phi) is 3.28. The summed E-state index contributed by atoms with van der Waals surface area (Å²) < 4.78 is 0. The topological polar surface area (TPSA) is 43.7 Å². The molecule has 16 heavy (non-hydrogen) atoms. The van der Waals surface area contributed by atoms with Crippen molar-refractivity contribution in [2.24, 2.45) is 0 Å². The average Bonchev–Trinajstić information content (AvgIpc) is 2.64. The van der Waals surface area contributed by atoms with Crippen molar-refractivity contribution in [1.29, 1.82) is 0 Å². The van der Waals surface area contributed by atoms with E-state index in [2.05, 4.69) is 4.90 Å². The summed E-state index contributed by atoms with van der Waals surface area (Å²) in [6.07, 6.45) is 0.580. The molecule has 1 saturated heterocycles. The second kappa shape index (κ2) is 4.53. The van der Waals surface area contributed by atoms with Crippen LogP contribution in [0.15, 0.2) is 30.3 Å². The van der Waals surface area contributed by atoms with Gasteiger partial charge in [0, 0.05) is 19.6 Å². The van der Waals surface area contributed by atoms with E-state index in [9.17, 15) is 10.2 Å². The van der Waals surface area contributed by atoms with Gasteiger partial charge in [0.1, 0.15) is 0 Å². The van der Waals surface area contributed by atoms with Gasteiger partial charge in [-0.2, -0.15) is 0 Å². The molecule has 1 fully saturated rings. The number of aliphatic hydroxyl groups is 2. The fourth-order valence-electron chi connectivity index (χ4n) is 2.28. The number of rotatable bonds is 3. The van der Waals surface area contributed by atoms with Gasteiger partial charge in [0.15, 0.2) is 0 Å². The molecular formula is C13H19NO2. The molecule has 0 spiro atoms. The molecule has 1 heterocycles. The van der Waals surface area contributed by atoms with Crippen LogP contribution in [0.1, 0.15) is 18.9 Å². The van der Waals surface area contributed by atoms with Crippen LogP contribution in [0, 0.1) is 0 Å². The van der Waals surface area contributed by atoms with Crippen molar-refractivity contribution < 1.29 is 10.2 Å². The summed E-state index contributed by atoms with van der Waals surface area (Å²) in [6, 6.07) is 9.68. The number of aliphatic hydroxyl groups excluding tert-OH is 1. The Labute approximate surface area is 96.3 Å². The molecular weight excluding hydrogens is 202 g/mol. The molecule has 1 aromatic rings. The van der Waals surface area contributed by atoms with Gasteiger partial charge in [-0.05, 0) is 18.9 Å². The number of benzene rings is 1. The second-order valence-corrected chi connectivity index (χ2v) is 4.82. The van der Waals surface area contributed by atoms with E-state index >= 15 is 0 Å². The lowest BCUT2D eigenvalue weighted by Crippen LogP contribution is -2.38. The molecule has 1 aliphatic heterocycles. The fourth-order valence-corrected chi connectivity index (χ4v) is 2.28. The van der Waals surface area contributed by atoms with E-state index in [-0.39, 0.29) is 6.10 Å². The summed E-state index contributed by atoms with van der Waals surface area (Å²) in [6.45, 7) is 3.94. The van der Waals surface area contributed by atoms with E-state index in [4.69, 9.17) is 0 Å². The summed E-state index contributed by atoms with van der Waals surface area (Å²) in [7, 11) is 0. The van der Waals surface area contributed by atoms with Crippen LogP contribution in [-0.2, 0) is 5.60 Å². The van der Waals surface area contributed by atoms with Crippen LogP contribution in [0.3, 0.4) is 0 Å². The lowest BCUT2D eigenvalue weighted by Gasteiger charge is -2.29. The molecule has 0 amide bonds. The fraction of sp³-hybridized carbons (Fsp3) is 0.538. The number of hydrogen-bond acceptors (Lipinski definition) is 3. The Morgan fingerprint density at radius 1 is 1.38 bits per heavy atom. The maximum absolute atomic E-state index is 10.4. The third-order valence-electron chi connectivity index (χ3n) is 3.17. The second-order valence-electron chi connectivity index (χ2n) is 4.82. The number of β-amino-alcohol motifs (C(OH)–C–C–N with tert-alkyl or cyclic N) is 2. The van der Waals surface area contributed by atoms with Crippen LogP contribution in [0.2, 0.25) is 0 Å². The Morgan fingerprint density at radius 3 is 2.62 bits per heavy atom. The molecule has 88 valence electrons. The van der Waals surface area contributed by atoms with Crippen molar-refractivity contribution in [3.05, 3.63) is 35.9 Å². The minimum atomic E-state index is -0.842. The molecule has 0 aliphatic carbocycles. The van der Waals surface area contributed by atoms with Crippen LogP contribution >= 0.6 is 0 Å². The minimum Gasteiger partial charge on any atom is -0.392 e. The Morgan fingerprint density at radius 2 is 2.06 bits per heavy atom. The largest absolute Gasteiger partial charge is 0.392 e. The van der Waals surface area contributed by atoms with Gasteiger partial charge < -0.3 is 10.2 Å². The minimum absolute atomic E-state index is 0.230. The Hall–Kier alpha value is -0.900. The SMILES string of the molecule is CC(O)(CN1CCC(O)C1)c1ccccc1. The van der Waals surface area contributed by atoms with Crippen molar-refractivity contribution in [1.82, 2.24) is 4.90 Å². The van der Waals surface area contributed by atoms with E-state index in [0.717, 1.165) is 18.5 Å². The van der Waals surface area contributed by atoms with E-state index in [1.807, 2.05) is 37.3 Å². The highest BCUT2D eigenvalue weighted by atomic mass is 16.3. The van der Waals surface area contributed by atoms with Crippen molar-refractivity contribution >= 4 is 0 Å². The van der Waals surface area contributed by atoms with Gasteiger partial charge in [0.05, 0.1) is 11.7 Å². The lowest BCUT2D eigenvalue weighted by molar-refractivity contribution is 0.0194. The Bertz CT molecular complexity index is 337. The summed E-state index contributed by atoms with van der Waals surface area (Å²) in [5.41, 5.74) is 0.0853. The summed E-state index contributed by atoms with van der Waals surface area (Å²) in [4.78, 5) is 2.11. The molecule has 0 bridgehead atoms. The molecule has 0 saturated carbocycles. The standard InChI is InChI=1S/C13H19NO2/c1-13(16,11-5-3-2-4-6-11)10-14-8-7-12(15)9-14/h2-6,12,15-16H,7-10H2,1H3. The number of likely N-dealkylation sites (tertiary alicyclic amines) is 1. The molecule has 1 aromatic carbocycles. The summed E-state index contributed by atoms with van der Waals surface area (Å²) in [5.74, 6) is 0. The smallest absolute Gasteiger partial charge is 0.0994 e. The van der Waals surface area contributed by atoms with Crippen molar-refractivity contribution in [2.75, 3.05) is 19.6 Å². The quantitative estimate of drug-likeness (QED) is 0.799. The summed E-state index contributed by atoms with van der Waals surface area (Å²) >= 11 is 0. The first-order valence-electron chi connectivity index (χ1n) is 5.76. The van der Waals surface area contributed by atoms with E-state index < -0.39 is 5.60 Å². The van der Waals surface area contributed by atoms with Crippen LogP contribution in [0.25, 0.3) is 0 Å². The zero-order valence-electron chi connectivity index (χ0n) is 9.63. The van der Waals surface area contributed by atoms with E-state index in [1.165, 1.54) is 0 Å². The predicted octanol–water partition coefficient (Wildman–Crippen LogP) is 0.961. The number of hydrogen-bond donors (Lipinski definition) is 2. The molecule has 3 heteroatoms. The highest BCUT2D eigenvalue weighted by Gasteiger charge is 2.29. The molecule has 1 aliphatic rings. The lowest BCUT2D eigenvalue weighted by atomic mass is 9.95. The zero-order valence-corrected chi connectivity index (χ0v) is 9.63. The third-order valence-corrected chi connectivity index (χ3v) is 3.17. The van der Waals surface area contributed by atoms with Crippen LogP contribution in [0.5, 0.6) is 0 Å². The summed E-state index contributed by atoms with van der Waals surface area (Å²) in [5, 5.41) is 19.9. The molecule has 2 rings (SSSR count). The van der Waals surface area contributed by atoms with Gasteiger partial charge in [0.25, 0.3) is 0 Å². The van der Waals surface area contributed by atoms with Gasteiger partial charge in [-0.1, -0.05) is 30.3 Å². The molecule has 2 unspecified atom stereocenters. The van der Waals surface area contributed by atoms with E-state index in [1.54, 1.807) is 0 Å². The first kappa shape index (κ1) is 11.6. The molecule has 0 radical (unpaired) electrons. The first-order chi connectivity index (χ1) is 7.58. The average molecular weight is 221 g/mol. The monoisotopic (exact) mass is 221 g/mol. The van der Waals surface area contributed by atoms with Gasteiger partial charge in [-0.15, -0.1) is 0 Å². The molecule has 3 nitrogen and oxygen atoms in total. The zero-order chi connectivity index (χ0) is 11.6. The highest BCUT2D eigenvalue weighted by molar-refractivity contribution is 5.21. The van der Waals surface area contributed by atoms with Crippen LogP contribution in [-0.4, -0.2) is 40.9 Å². The number of nitrogens with zero attached hydrogens (tertiary/aromatic N) is 1. The van der Waals surface area contributed by atoms with E-state index in [0.29, 0.717) is 13.1 Å². The van der Waals surface area contributed by atoms with Crippen molar-refractivity contribution in [3.63, 3.8) is 0 Å². The van der Waals surface area contributed by atoms with Gasteiger partial charge in [-0.3, -0.25) is 4.90 Å². The molecule has 2 atom stereocenters. The Balaban J connectivity index is 2.03. The van der Waals surface area contributed by atoms with Gasteiger partial charge in [0.2, 0.25) is 0 Å². The van der Waals surface area contributed by atoms with Crippen LogP contribution < -0.4 is 0 Å². The van der Waals surface area contributed by atoms with Gasteiger partial charge in [-0.25, -0.2) is 0 Å². The van der Waals surface area contributed by atoms with Crippen LogP contribution in [0.4, 0.5) is 0 Å². The first-order valence-corrected chi connectivity index (χ1v) is 5.76. The molecule has 2 N–H and O–H groups in total.